The number of hydrogen-bond acceptors (Lipinski definition) is 4. The number of halogens is 6. The van der Waals surface area contributed by atoms with Gasteiger partial charge >= 0.3 is 12.1 Å². The molecule has 3 rings (SSSR count). The maximum absolute atomic E-state index is 15.3. The van der Waals surface area contributed by atoms with Crippen molar-refractivity contribution in [3.63, 3.8) is 0 Å². The van der Waals surface area contributed by atoms with Gasteiger partial charge in [0.15, 0.2) is 11.6 Å². The normalized spacial score (nSPS) is 13.3. The molecule has 250 valence electrons. The standard InChI is InChI=1S/C33H37F6N3O4/c1-17(2)9-27(42-16-20(7-8-41(5)6)24(14-28(42)43)33(37,38)39)32(46)40-26(15-29(44)45)23-12-21(13-25(35)31(23)36)30-18(3)10-22(34)11-19(30)4/h10-14,16-17,26-27H,7-9,15H2,1-6H3,(H,40,46)(H,44,45)/t26-,27?/m0/s1. The molecule has 0 spiro atoms. The number of aromatic nitrogens is 1. The Hall–Kier alpha value is -4.13. The van der Waals surface area contributed by atoms with Crippen molar-refractivity contribution in [3.8, 4) is 11.1 Å². The molecule has 0 aliphatic heterocycles. The van der Waals surface area contributed by atoms with Crippen LogP contribution >= 0.6 is 0 Å². The summed E-state index contributed by atoms with van der Waals surface area (Å²) < 4.78 is 86.7. The van der Waals surface area contributed by atoms with Gasteiger partial charge in [0.1, 0.15) is 11.9 Å². The fourth-order valence-electron chi connectivity index (χ4n) is 5.49. The van der Waals surface area contributed by atoms with Crippen LogP contribution in [-0.4, -0.2) is 47.1 Å². The van der Waals surface area contributed by atoms with Crippen LogP contribution in [-0.2, 0) is 22.2 Å². The molecule has 2 atom stereocenters. The molecule has 1 heterocycles. The highest BCUT2D eigenvalue weighted by Gasteiger charge is 2.36. The Balaban J connectivity index is 2.15. The lowest BCUT2D eigenvalue weighted by molar-refractivity contribution is -0.139. The number of carboxylic acid groups (broad SMARTS) is 1. The third kappa shape index (κ3) is 8.77. The number of rotatable bonds is 12. The van der Waals surface area contributed by atoms with Crippen molar-refractivity contribution in [3.05, 3.63) is 92.2 Å². The highest BCUT2D eigenvalue weighted by Crippen LogP contribution is 2.35. The second-order valence-electron chi connectivity index (χ2n) is 12.1. The number of pyridine rings is 1. The van der Waals surface area contributed by atoms with Gasteiger partial charge in [0.25, 0.3) is 5.56 Å². The van der Waals surface area contributed by atoms with Crippen molar-refractivity contribution < 1.29 is 41.0 Å². The first-order valence-electron chi connectivity index (χ1n) is 14.5. The molecule has 2 aromatic carbocycles. The first-order chi connectivity index (χ1) is 21.3. The molecule has 0 fully saturated rings. The topological polar surface area (TPSA) is 91.6 Å². The fraction of sp³-hybridized carbons (Fsp3) is 0.424. The summed E-state index contributed by atoms with van der Waals surface area (Å²) >= 11 is 0. The van der Waals surface area contributed by atoms with Gasteiger partial charge in [-0.3, -0.25) is 14.4 Å². The second kappa shape index (κ2) is 14.5. The minimum absolute atomic E-state index is 0.0468. The Morgan fingerprint density at radius 1 is 1.00 bits per heavy atom. The SMILES string of the molecule is Cc1cc(F)cc(C)c1-c1cc(F)c(F)c([C@H](CC(=O)O)NC(=O)C(CC(C)C)n2cc(CCN(C)C)c(C(F)(F)F)cc2=O)c1. The molecule has 1 amide bonds. The van der Waals surface area contributed by atoms with Crippen LogP contribution in [0.15, 0.2) is 41.3 Å². The summed E-state index contributed by atoms with van der Waals surface area (Å²) in [6.07, 6.45) is -4.89. The van der Waals surface area contributed by atoms with Gasteiger partial charge in [-0.1, -0.05) is 13.8 Å². The van der Waals surface area contributed by atoms with Crippen molar-refractivity contribution in [1.29, 1.82) is 0 Å². The number of hydrogen-bond donors (Lipinski definition) is 2. The molecular weight excluding hydrogens is 616 g/mol. The number of aryl methyl sites for hydroxylation is 2. The van der Waals surface area contributed by atoms with Gasteiger partial charge in [0, 0.05) is 24.4 Å². The van der Waals surface area contributed by atoms with Gasteiger partial charge in [0.05, 0.1) is 18.0 Å². The summed E-state index contributed by atoms with van der Waals surface area (Å²) in [6, 6.07) is 1.81. The van der Waals surface area contributed by atoms with E-state index in [0.29, 0.717) is 22.8 Å². The Morgan fingerprint density at radius 2 is 1.61 bits per heavy atom. The molecule has 0 saturated heterocycles. The van der Waals surface area contributed by atoms with Crippen LogP contribution in [0.25, 0.3) is 11.1 Å². The molecule has 46 heavy (non-hydrogen) atoms. The number of alkyl halides is 3. The highest BCUT2D eigenvalue weighted by molar-refractivity contribution is 5.82. The van der Waals surface area contributed by atoms with E-state index < -0.39 is 70.7 Å². The fourth-order valence-corrected chi connectivity index (χ4v) is 5.49. The average Bonchev–Trinajstić information content (AvgIpc) is 2.90. The zero-order valence-corrected chi connectivity index (χ0v) is 26.4. The molecule has 3 aromatic rings. The molecule has 7 nitrogen and oxygen atoms in total. The van der Waals surface area contributed by atoms with Gasteiger partial charge in [-0.05, 0) is 98.8 Å². The van der Waals surface area contributed by atoms with E-state index >= 15 is 8.78 Å². The highest BCUT2D eigenvalue weighted by atomic mass is 19.4. The van der Waals surface area contributed by atoms with Crippen molar-refractivity contribution in [2.24, 2.45) is 5.92 Å². The van der Waals surface area contributed by atoms with Gasteiger partial charge in [-0.15, -0.1) is 0 Å². The van der Waals surface area contributed by atoms with E-state index in [1.54, 1.807) is 46.7 Å². The quantitative estimate of drug-likeness (QED) is 0.215. The predicted molar refractivity (Wildman–Crippen MR) is 161 cm³/mol. The molecule has 0 aliphatic rings. The maximum atomic E-state index is 15.3. The number of carbonyl (C=O) groups is 2. The molecule has 0 bridgehead atoms. The van der Waals surface area contributed by atoms with Crippen molar-refractivity contribution in [2.45, 2.75) is 65.2 Å². The van der Waals surface area contributed by atoms with E-state index in [0.717, 1.165) is 16.8 Å². The van der Waals surface area contributed by atoms with Gasteiger partial charge in [0.2, 0.25) is 5.91 Å². The summed E-state index contributed by atoms with van der Waals surface area (Å²) in [5.74, 6) is -6.02. The Kier molecular flexibility index (Phi) is 11.5. The summed E-state index contributed by atoms with van der Waals surface area (Å²) in [4.78, 5) is 40.4. The number of aliphatic carboxylic acids is 1. The van der Waals surface area contributed by atoms with Crippen LogP contribution < -0.4 is 10.9 Å². The Bertz CT molecular complexity index is 1640. The smallest absolute Gasteiger partial charge is 0.416 e. The maximum Gasteiger partial charge on any atom is 0.416 e. The zero-order valence-electron chi connectivity index (χ0n) is 26.4. The predicted octanol–water partition coefficient (Wildman–Crippen LogP) is 6.59. The molecule has 0 radical (unpaired) electrons. The van der Waals surface area contributed by atoms with Crippen LogP contribution in [0, 0.1) is 37.2 Å². The molecule has 13 heteroatoms. The van der Waals surface area contributed by atoms with E-state index in [2.05, 4.69) is 5.32 Å². The lowest BCUT2D eigenvalue weighted by Gasteiger charge is -2.27. The van der Waals surface area contributed by atoms with E-state index in [1.807, 2.05) is 0 Å². The zero-order chi connectivity index (χ0) is 34.7. The third-order valence-electron chi connectivity index (χ3n) is 7.54. The monoisotopic (exact) mass is 653 g/mol. The van der Waals surface area contributed by atoms with E-state index in [9.17, 15) is 37.1 Å². The molecule has 2 N–H and O–H groups in total. The summed E-state index contributed by atoms with van der Waals surface area (Å²) in [7, 11) is 3.33. The molecular formula is C33H37F6N3O4. The number of likely N-dealkylation sites (N-methyl/N-ethyl adjacent to an activating group) is 1. The molecule has 1 aromatic heterocycles. The van der Waals surface area contributed by atoms with Crippen LogP contribution in [0.1, 0.15) is 66.6 Å². The summed E-state index contributed by atoms with van der Waals surface area (Å²) in [5.41, 5.74) is -1.70. The minimum Gasteiger partial charge on any atom is -0.481 e. The van der Waals surface area contributed by atoms with Crippen LogP contribution in [0.2, 0.25) is 0 Å². The van der Waals surface area contributed by atoms with E-state index in [4.69, 9.17) is 0 Å². The third-order valence-corrected chi connectivity index (χ3v) is 7.54. The molecule has 0 aliphatic carbocycles. The lowest BCUT2D eigenvalue weighted by Crippen LogP contribution is -2.41. The van der Waals surface area contributed by atoms with Gasteiger partial charge in [-0.25, -0.2) is 13.2 Å². The van der Waals surface area contributed by atoms with Crippen LogP contribution in [0.4, 0.5) is 26.3 Å². The van der Waals surface area contributed by atoms with Crippen LogP contribution in [0.3, 0.4) is 0 Å². The first kappa shape index (κ1) is 36.3. The number of carbonyl (C=O) groups excluding carboxylic acids is 1. The lowest BCUT2D eigenvalue weighted by atomic mass is 9.91. The summed E-state index contributed by atoms with van der Waals surface area (Å²) in [5, 5.41) is 12.1. The Morgan fingerprint density at radius 3 is 2.13 bits per heavy atom. The van der Waals surface area contributed by atoms with Gasteiger partial charge < -0.3 is 19.9 Å². The number of nitrogens with zero attached hydrogens (tertiary/aromatic N) is 2. The first-order valence-corrected chi connectivity index (χ1v) is 14.5. The number of carboxylic acids is 1. The number of nitrogens with one attached hydrogen (secondary N) is 1. The summed E-state index contributed by atoms with van der Waals surface area (Å²) in [6.45, 7) is 6.76. The van der Waals surface area contributed by atoms with Crippen LogP contribution in [0.5, 0.6) is 0 Å². The van der Waals surface area contributed by atoms with Gasteiger partial charge in [-0.2, -0.15) is 13.2 Å². The number of benzene rings is 2. The van der Waals surface area contributed by atoms with Crippen molar-refractivity contribution >= 4 is 11.9 Å². The van der Waals surface area contributed by atoms with E-state index in [-0.39, 0.29) is 36.4 Å². The second-order valence-corrected chi connectivity index (χ2v) is 12.1. The molecule has 1 unspecified atom stereocenters. The Labute approximate surface area is 262 Å². The average molecular weight is 654 g/mol. The van der Waals surface area contributed by atoms with E-state index in [1.165, 1.54) is 18.2 Å². The van der Waals surface area contributed by atoms with Crippen molar-refractivity contribution in [2.75, 3.05) is 20.6 Å². The van der Waals surface area contributed by atoms with Crippen molar-refractivity contribution in [1.82, 2.24) is 14.8 Å². The molecule has 0 saturated carbocycles. The number of amides is 1. The minimum atomic E-state index is -4.84. The largest absolute Gasteiger partial charge is 0.481 e.